The Morgan fingerprint density at radius 3 is 2.67 bits per heavy atom. The Balaban J connectivity index is 2.70. The van der Waals surface area contributed by atoms with E-state index in [4.69, 9.17) is 4.52 Å². The summed E-state index contributed by atoms with van der Waals surface area (Å²) < 4.78 is 5.07. The fourth-order valence-electron chi connectivity index (χ4n) is 1.77. The van der Waals surface area contributed by atoms with Crippen LogP contribution in [0.1, 0.15) is 39.0 Å². The molecule has 3 heteroatoms. The van der Waals surface area contributed by atoms with Crippen LogP contribution < -0.4 is 0 Å². The Labute approximate surface area is 89.5 Å². The Morgan fingerprint density at radius 1 is 1.33 bits per heavy atom. The second-order valence-corrected chi connectivity index (χ2v) is 4.81. The van der Waals surface area contributed by atoms with Crippen molar-refractivity contribution in [1.29, 1.82) is 0 Å². The first-order chi connectivity index (χ1) is 7.02. The van der Waals surface area contributed by atoms with Gasteiger partial charge in [-0.05, 0) is 23.5 Å². The molecule has 0 radical (unpaired) electrons. The van der Waals surface area contributed by atoms with E-state index in [1.165, 1.54) is 5.56 Å². The van der Waals surface area contributed by atoms with E-state index in [2.05, 4.69) is 43.9 Å². The fraction of sp³-hybridized carbons (Fsp3) is 0.500. The first-order valence-corrected chi connectivity index (χ1v) is 5.27. The molecule has 15 heavy (non-hydrogen) atoms. The molecule has 2 rings (SSSR count). The lowest BCUT2D eigenvalue weighted by molar-refractivity contribution is 0.447. The van der Waals surface area contributed by atoms with Crippen molar-refractivity contribution in [2.45, 2.75) is 39.5 Å². The predicted octanol–water partition coefficient (Wildman–Crippen LogP) is 3.08. The van der Waals surface area contributed by atoms with Gasteiger partial charge in [-0.15, -0.1) is 0 Å². The van der Waals surface area contributed by atoms with E-state index < -0.39 is 0 Å². The lowest BCUT2D eigenvalue weighted by Crippen LogP contribution is -2.15. The quantitative estimate of drug-likeness (QED) is 0.716. The molecule has 0 aliphatic carbocycles. The normalized spacial score (nSPS) is 12.3. The molecule has 0 atom stereocenters. The molecule has 0 spiro atoms. The van der Waals surface area contributed by atoms with Crippen molar-refractivity contribution in [3.8, 4) is 0 Å². The number of aromatic nitrogens is 2. The molecule has 0 aliphatic rings. The summed E-state index contributed by atoms with van der Waals surface area (Å²) in [5, 5.41) is 4.75. The molecule has 0 saturated carbocycles. The van der Waals surface area contributed by atoms with E-state index in [9.17, 15) is 0 Å². The van der Waals surface area contributed by atoms with Gasteiger partial charge in [0.15, 0.2) is 0 Å². The maximum atomic E-state index is 5.07. The number of rotatable bonds is 1. The van der Waals surface area contributed by atoms with Gasteiger partial charge >= 0.3 is 0 Å². The van der Waals surface area contributed by atoms with Gasteiger partial charge in [0, 0.05) is 5.69 Å². The van der Waals surface area contributed by atoms with Crippen LogP contribution in [0.4, 0.5) is 0 Å². The largest absolute Gasteiger partial charge is 0.336 e. The van der Waals surface area contributed by atoms with Crippen molar-refractivity contribution in [2.75, 3.05) is 0 Å². The summed E-state index contributed by atoms with van der Waals surface area (Å²) >= 11 is 0. The second kappa shape index (κ2) is 3.33. The highest BCUT2D eigenvalue weighted by Crippen LogP contribution is 2.28. The third-order valence-electron chi connectivity index (χ3n) is 2.57. The van der Waals surface area contributed by atoms with Gasteiger partial charge in [0.25, 0.3) is 5.71 Å². The van der Waals surface area contributed by atoms with Gasteiger partial charge < -0.3 is 4.52 Å². The first kappa shape index (κ1) is 10.1. The smallest absolute Gasteiger partial charge is 0.257 e. The number of fused-ring (bicyclic) bond motifs is 1. The van der Waals surface area contributed by atoms with Crippen molar-refractivity contribution < 1.29 is 4.52 Å². The number of aryl methyl sites for hydroxylation is 1. The fourth-order valence-corrected chi connectivity index (χ4v) is 1.77. The molecule has 3 nitrogen and oxygen atoms in total. The molecular weight excluding hydrogens is 188 g/mol. The molecule has 2 aromatic heterocycles. The summed E-state index contributed by atoms with van der Waals surface area (Å²) in [7, 11) is 0. The van der Waals surface area contributed by atoms with Gasteiger partial charge in [-0.2, -0.15) is 0 Å². The zero-order valence-corrected chi connectivity index (χ0v) is 9.66. The van der Waals surface area contributed by atoms with E-state index in [-0.39, 0.29) is 5.41 Å². The van der Waals surface area contributed by atoms with E-state index in [1.807, 2.05) is 0 Å². The molecule has 80 valence electrons. The van der Waals surface area contributed by atoms with Gasteiger partial charge in [-0.1, -0.05) is 32.9 Å². The van der Waals surface area contributed by atoms with Crippen molar-refractivity contribution in [3.63, 3.8) is 0 Å². The minimum absolute atomic E-state index is 0.115. The van der Waals surface area contributed by atoms with E-state index in [1.54, 1.807) is 6.20 Å². The molecule has 0 unspecified atom stereocenters. The van der Waals surface area contributed by atoms with E-state index in [0.29, 0.717) is 5.71 Å². The Kier molecular flexibility index (Phi) is 2.25. The van der Waals surface area contributed by atoms with Gasteiger partial charge in [-0.3, -0.25) is 0 Å². The van der Waals surface area contributed by atoms with Gasteiger partial charge in [0.05, 0.1) is 11.6 Å². The molecule has 0 aliphatic heterocycles. The second-order valence-electron chi connectivity index (χ2n) is 4.81. The summed E-state index contributed by atoms with van der Waals surface area (Å²) in [5.41, 5.74) is 3.14. The average Bonchev–Trinajstić information content (AvgIpc) is 2.60. The highest BCUT2D eigenvalue weighted by molar-refractivity contribution is 5.73. The first-order valence-electron chi connectivity index (χ1n) is 5.27. The number of pyridine rings is 1. The summed E-state index contributed by atoms with van der Waals surface area (Å²) in [5.74, 6) is 0. The Bertz CT molecular complexity index is 480. The Morgan fingerprint density at radius 2 is 2.07 bits per heavy atom. The lowest BCUT2D eigenvalue weighted by Gasteiger charge is -2.21. The maximum absolute atomic E-state index is 5.07. The molecular formula is C12H16N2O. The van der Waals surface area contributed by atoms with Crippen molar-refractivity contribution in [2.24, 2.45) is 0 Å². The molecule has 2 aromatic rings. The van der Waals surface area contributed by atoms with E-state index >= 15 is 0 Å². The average molecular weight is 204 g/mol. The number of nitrogens with zero attached hydrogens (tertiary/aromatic N) is 2. The minimum atomic E-state index is 0.115. The molecule has 2 heterocycles. The molecule has 0 N–H and O–H groups in total. The van der Waals surface area contributed by atoms with Gasteiger partial charge in [0.1, 0.15) is 0 Å². The summed E-state index contributed by atoms with van der Waals surface area (Å²) in [6.07, 6.45) is 2.64. The summed E-state index contributed by atoms with van der Waals surface area (Å²) in [6, 6.07) is 2.14. The van der Waals surface area contributed by atoms with Crippen LogP contribution in [0.5, 0.6) is 0 Å². The topological polar surface area (TPSA) is 38.9 Å². The molecule has 0 amide bonds. The van der Waals surface area contributed by atoms with Crippen LogP contribution >= 0.6 is 0 Å². The van der Waals surface area contributed by atoms with Gasteiger partial charge in [-0.25, -0.2) is 4.98 Å². The zero-order valence-electron chi connectivity index (χ0n) is 9.66. The minimum Gasteiger partial charge on any atom is -0.336 e. The SMILES string of the molecule is CCc1nc2oncc2cc1C(C)(C)C. The van der Waals surface area contributed by atoms with Crippen LogP contribution in [0.2, 0.25) is 0 Å². The number of hydrogen-bond acceptors (Lipinski definition) is 3. The van der Waals surface area contributed by atoms with E-state index in [0.717, 1.165) is 17.5 Å². The van der Waals surface area contributed by atoms with Crippen LogP contribution in [-0.2, 0) is 11.8 Å². The van der Waals surface area contributed by atoms with Crippen molar-refractivity contribution >= 4 is 11.1 Å². The van der Waals surface area contributed by atoms with Crippen molar-refractivity contribution in [1.82, 2.24) is 10.1 Å². The standard InChI is InChI=1S/C12H16N2O/c1-5-10-9(12(2,3)4)6-8-7-13-15-11(8)14-10/h6-7H,5H2,1-4H3. The van der Waals surface area contributed by atoms with Crippen LogP contribution in [0.25, 0.3) is 11.1 Å². The third-order valence-corrected chi connectivity index (χ3v) is 2.57. The van der Waals surface area contributed by atoms with Crippen molar-refractivity contribution in [3.05, 3.63) is 23.5 Å². The van der Waals surface area contributed by atoms with Crippen LogP contribution in [-0.4, -0.2) is 10.1 Å². The maximum Gasteiger partial charge on any atom is 0.257 e. The van der Waals surface area contributed by atoms with Crippen LogP contribution in [0.3, 0.4) is 0 Å². The monoisotopic (exact) mass is 204 g/mol. The van der Waals surface area contributed by atoms with Crippen LogP contribution in [0, 0.1) is 0 Å². The Hall–Kier alpha value is -1.38. The highest BCUT2D eigenvalue weighted by Gasteiger charge is 2.19. The molecule has 0 fully saturated rings. The predicted molar refractivity (Wildman–Crippen MR) is 59.9 cm³/mol. The molecule has 0 bridgehead atoms. The molecule has 0 aromatic carbocycles. The summed E-state index contributed by atoms with van der Waals surface area (Å²) in [6.45, 7) is 8.70. The zero-order chi connectivity index (χ0) is 11.1. The lowest BCUT2D eigenvalue weighted by atomic mass is 9.85. The van der Waals surface area contributed by atoms with Gasteiger partial charge in [0.2, 0.25) is 0 Å². The third kappa shape index (κ3) is 1.74. The molecule has 0 saturated heterocycles. The van der Waals surface area contributed by atoms with Crippen LogP contribution in [0.15, 0.2) is 16.8 Å². The summed E-state index contributed by atoms with van der Waals surface area (Å²) in [4.78, 5) is 4.49. The number of hydrogen-bond donors (Lipinski definition) is 0. The highest BCUT2D eigenvalue weighted by atomic mass is 16.5.